The average molecular weight is 659 g/mol. The van der Waals surface area contributed by atoms with Crippen molar-refractivity contribution in [3.63, 3.8) is 0 Å². The smallest absolute Gasteiger partial charge is 0.490 e. The third kappa shape index (κ3) is 5.61. The SMILES string of the molecule is C=CC(=O)N1CCn2nc(-c3nc(OS(=O)(=O)C(F)(F)F)c4ccsc4c3-c3c(F)cc(F)cc3OCCOC)cc2[C@H]1C. The molecule has 0 bridgehead atoms. The van der Waals surface area contributed by atoms with Crippen LogP contribution in [0.15, 0.2) is 42.3 Å². The second-order valence-electron chi connectivity index (χ2n) is 9.48. The Morgan fingerprint density at radius 2 is 1.93 bits per heavy atom. The Balaban J connectivity index is 1.80. The summed E-state index contributed by atoms with van der Waals surface area (Å²) in [5.41, 5.74) is -5.91. The van der Waals surface area contributed by atoms with Gasteiger partial charge in [0.05, 0.1) is 40.5 Å². The largest absolute Gasteiger partial charge is 0.534 e. The predicted molar refractivity (Wildman–Crippen MR) is 149 cm³/mol. The van der Waals surface area contributed by atoms with E-state index in [-0.39, 0.29) is 70.6 Å². The molecule has 1 aliphatic rings. The molecule has 5 rings (SSSR count). The molecule has 4 aromatic rings. The molecule has 10 nitrogen and oxygen atoms in total. The van der Waals surface area contributed by atoms with Crippen molar-refractivity contribution in [3.05, 3.63) is 59.6 Å². The molecule has 0 saturated heterocycles. The number of amides is 1. The zero-order valence-electron chi connectivity index (χ0n) is 23.0. The van der Waals surface area contributed by atoms with Crippen LogP contribution in [-0.4, -0.2) is 66.4 Å². The van der Waals surface area contributed by atoms with Gasteiger partial charge in [0, 0.05) is 31.4 Å². The summed E-state index contributed by atoms with van der Waals surface area (Å²) in [6.45, 7) is 5.65. The van der Waals surface area contributed by atoms with Gasteiger partial charge in [-0.25, -0.2) is 13.8 Å². The van der Waals surface area contributed by atoms with E-state index < -0.39 is 39.2 Å². The summed E-state index contributed by atoms with van der Waals surface area (Å²) in [5.74, 6) is -3.60. The van der Waals surface area contributed by atoms with Crippen LogP contribution >= 0.6 is 11.3 Å². The van der Waals surface area contributed by atoms with Crippen molar-refractivity contribution in [1.29, 1.82) is 0 Å². The molecular formula is C27H23F5N4O6S2. The van der Waals surface area contributed by atoms with Gasteiger partial charge in [-0.3, -0.25) is 9.48 Å². The molecule has 0 saturated carbocycles. The highest BCUT2D eigenvalue weighted by Crippen LogP contribution is 2.48. The van der Waals surface area contributed by atoms with Crippen LogP contribution < -0.4 is 8.92 Å². The van der Waals surface area contributed by atoms with Gasteiger partial charge in [0.1, 0.15) is 35.4 Å². The van der Waals surface area contributed by atoms with Crippen molar-refractivity contribution >= 4 is 37.4 Å². The van der Waals surface area contributed by atoms with E-state index >= 15 is 4.39 Å². The maximum Gasteiger partial charge on any atom is 0.534 e. The Kier molecular flexibility index (Phi) is 8.39. The molecule has 17 heteroatoms. The number of hydrogen-bond acceptors (Lipinski definition) is 9. The Hall–Kier alpha value is -4.09. The summed E-state index contributed by atoms with van der Waals surface area (Å²) in [7, 11) is -4.77. The maximum atomic E-state index is 15.7. The molecule has 0 spiro atoms. The molecule has 1 aromatic carbocycles. The Bertz CT molecular complexity index is 1870. The van der Waals surface area contributed by atoms with Crippen LogP contribution in [0.1, 0.15) is 18.7 Å². The lowest BCUT2D eigenvalue weighted by Crippen LogP contribution is -2.40. The van der Waals surface area contributed by atoms with Crippen molar-refractivity contribution in [2.24, 2.45) is 0 Å². The van der Waals surface area contributed by atoms with E-state index in [0.29, 0.717) is 11.8 Å². The molecule has 1 atom stereocenters. The zero-order valence-corrected chi connectivity index (χ0v) is 24.7. The second kappa shape index (κ2) is 11.8. The fraction of sp³-hybridized carbons (Fsp3) is 0.296. The van der Waals surface area contributed by atoms with E-state index in [4.69, 9.17) is 9.47 Å². The van der Waals surface area contributed by atoms with Gasteiger partial charge in [-0.05, 0) is 30.5 Å². The molecule has 44 heavy (non-hydrogen) atoms. The number of methoxy groups -OCH3 is 1. The summed E-state index contributed by atoms with van der Waals surface area (Å²) in [5, 5.41) is 5.75. The number of rotatable bonds is 9. The normalized spacial score (nSPS) is 15.3. The topological polar surface area (TPSA) is 113 Å². The van der Waals surface area contributed by atoms with E-state index in [1.165, 1.54) is 29.5 Å². The van der Waals surface area contributed by atoms with Crippen molar-refractivity contribution in [2.45, 2.75) is 25.0 Å². The first-order valence-electron chi connectivity index (χ1n) is 12.8. The number of pyridine rings is 1. The molecular weight excluding hydrogens is 635 g/mol. The van der Waals surface area contributed by atoms with Crippen LogP contribution in [0.4, 0.5) is 22.0 Å². The first kappa shape index (κ1) is 31.3. The zero-order chi connectivity index (χ0) is 32.0. The van der Waals surface area contributed by atoms with E-state index in [1.807, 2.05) is 0 Å². The number of alkyl halides is 3. The van der Waals surface area contributed by atoms with Crippen LogP contribution in [0.5, 0.6) is 11.6 Å². The molecule has 4 heterocycles. The van der Waals surface area contributed by atoms with Gasteiger partial charge in [-0.1, -0.05) is 6.58 Å². The average Bonchev–Trinajstić information content (AvgIpc) is 3.61. The molecule has 0 unspecified atom stereocenters. The molecule has 0 fully saturated rings. The van der Waals surface area contributed by atoms with Gasteiger partial charge in [0.15, 0.2) is 0 Å². The van der Waals surface area contributed by atoms with Gasteiger partial charge in [-0.2, -0.15) is 26.7 Å². The summed E-state index contributed by atoms with van der Waals surface area (Å²) >= 11 is 0.923. The number of aromatic nitrogens is 3. The number of carbonyl (C=O) groups excluding carboxylic acids is 1. The third-order valence-corrected chi connectivity index (χ3v) is 8.69. The maximum absolute atomic E-state index is 15.7. The van der Waals surface area contributed by atoms with Gasteiger partial charge in [0.2, 0.25) is 11.8 Å². The molecule has 234 valence electrons. The van der Waals surface area contributed by atoms with Crippen LogP contribution in [0.3, 0.4) is 0 Å². The van der Waals surface area contributed by atoms with Gasteiger partial charge in [-0.15, -0.1) is 11.3 Å². The number of carbonyl (C=O) groups is 1. The molecule has 0 N–H and O–H groups in total. The lowest BCUT2D eigenvalue weighted by molar-refractivity contribution is -0.129. The number of thiophene rings is 1. The summed E-state index contributed by atoms with van der Waals surface area (Å²) in [6, 6.07) is 3.75. The first-order valence-corrected chi connectivity index (χ1v) is 15.1. The highest BCUT2D eigenvalue weighted by atomic mass is 32.2. The second-order valence-corrected chi connectivity index (χ2v) is 11.9. The fourth-order valence-electron chi connectivity index (χ4n) is 4.81. The molecule has 1 aliphatic heterocycles. The van der Waals surface area contributed by atoms with Crippen molar-refractivity contribution < 1.29 is 48.8 Å². The summed E-state index contributed by atoms with van der Waals surface area (Å²) in [4.78, 5) is 18.1. The number of benzene rings is 1. The van der Waals surface area contributed by atoms with Gasteiger partial charge in [0.25, 0.3) is 0 Å². The van der Waals surface area contributed by atoms with Crippen molar-refractivity contribution in [2.75, 3.05) is 26.9 Å². The van der Waals surface area contributed by atoms with E-state index in [0.717, 1.165) is 23.5 Å². The van der Waals surface area contributed by atoms with E-state index in [1.54, 1.807) is 11.6 Å². The minimum atomic E-state index is -6.16. The number of hydrogen-bond donors (Lipinski definition) is 0. The van der Waals surface area contributed by atoms with Crippen LogP contribution in [-0.2, 0) is 26.2 Å². The molecule has 3 aromatic heterocycles. The Morgan fingerprint density at radius 3 is 2.61 bits per heavy atom. The minimum Gasteiger partial charge on any atom is -0.490 e. The Labute approximate surface area is 251 Å². The van der Waals surface area contributed by atoms with Gasteiger partial charge >= 0.3 is 15.6 Å². The molecule has 0 radical (unpaired) electrons. The fourth-order valence-corrected chi connectivity index (χ4v) is 6.17. The number of halogens is 5. The van der Waals surface area contributed by atoms with Crippen LogP contribution in [0.2, 0.25) is 0 Å². The quantitative estimate of drug-likeness (QED) is 0.0768. The Morgan fingerprint density at radius 1 is 1.18 bits per heavy atom. The van der Waals surface area contributed by atoms with Crippen molar-refractivity contribution in [1.82, 2.24) is 19.7 Å². The monoisotopic (exact) mass is 658 g/mol. The number of fused-ring (bicyclic) bond motifs is 2. The lowest BCUT2D eigenvalue weighted by Gasteiger charge is -2.33. The van der Waals surface area contributed by atoms with Crippen LogP contribution in [0.25, 0.3) is 32.6 Å². The number of ether oxygens (including phenoxy) is 2. The highest BCUT2D eigenvalue weighted by molar-refractivity contribution is 7.88. The number of nitrogens with zero attached hydrogens (tertiary/aromatic N) is 4. The molecule has 0 aliphatic carbocycles. The van der Waals surface area contributed by atoms with E-state index in [9.17, 15) is 30.8 Å². The lowest BCUT2D eigenvalue weighted by atomic mass is 9.98. The van der Waals surface area contributed by atoms with Gasteiger partial charge < -0.3 is 18.6 Å². The third-order valence-electron chi connectivity index (χ3n) is 6.82. The highest BCUT2D eigenvalue weighted by Gasteiger charge is 2.49. The van der Waals surface area contributed by atoms with Crippen LogP contribution in [0, 0.1) is 11.6 Å². The molecule has 1 amide bonds. The summed E-state index contributed by atoms with van der Waals surface area (Å²) < 4.78 is 111. The predicted octanol–water partition coefficient (Wildman–Crippen LogP) is 5.45. The van der Waals surface area contributed by atoms with E-state index in [2.05, 4.69) is 20.8 Å². The van der Waals surface area contributed by atoms with Crippen molar-refractivity contribution in [3.8, 4) is 34.1 Å². The standard InChI is InChI=1S/C27H23F5N4O6S2/c1-4-21(37)35-6-7-36-19(14(35)2)13-18(34-36)24-23(22-17(29)11-15(28)12-20(22)41-9-8-40-3)25-16(5-10-43-25)26(33-24)42-44(38,39)27(30,31)32/h4-5,10-14H,1,6-9H2,2-3H3/t14-/m1/s1. The summed E-state index contributed by atoms with van der Waals surface area (Å²) in [6.07, 6.45) is 1.15. The first-order chi connectivity index (χ1) is 20.8. The minimum absolute atomic E-state index is 0.00845.